The van der Waals surface area contributed by atoms with Gasteiger partial charge in [0.2, 0.25) is 0 Å². The van der Waals surface area contributed by atoms with E-state index in [1.807, 2.05) is 0 Å². The van der Waals surface area contributed by atoms with Crippen LogP contribution in [0, 0.1) is 0 Å². The first kappa shape index (κ1) is 15.3. The van der Waals surface area contributed by atoms with E-state index in [0.29, 0.717) is 0 Å². The van der Waals surface area contributed by atoms with E-state index in [-0.39, 0.29) is 6.10 Å². The molecule has 1 heterocycles. The summed E-state index contributed by atoms with van der Waals surface area (Å²) in [5.41, 5.74) is 0.348. The van der Waals surface area contributed by atoms with Crippen molar-refractivity contribution in [1.82, 2.24) is 4.90 Å². The molecule has 0 bridgehead atoms. The Hall–Kier alpha value is -1.07. The van der Waals surface area contributed by atoms with Gasteiger partial charge in [0.15, 0.2) is 0 Å². The monoisotopic (exact) mass is 287 g/mol. The highest BCUT2D eigenvalue weighted by Gasteiger charge is 2.29. The molecule has 1 aliphatic heterocycles. The molecule has 0 saturated carbocycles. The Morgan fingerprint density at radius 2 is 1.70 bits per heavy atom. The first-order valence-corrected chi connectivity index (χ1v) is 7.02. The van der Waals surface area contributed by atoms with Crippen LogP contribution in [0.15, 0.2) is 24.3 Å². The maximum atomic E-state index is 12.4. The average molecular weight is 287 g/mol. The highest BCUT2D eigenvalue weighted by atomic mass is 19.4. The zero-order chi connectivity index (χ0) is 14.6. The third-order valence-electron chi connectivity index (χ3n) is 3.78. The van der Waals surface area contributed by atoms with Crippen LogP contribution >= 0.6 is 0 Å². The molecule has 2 rings (SSSR count). The molecule has 0 spiro atoms. The molecule has 20 heavy (non-hydrogen) atoms. The Labute approximate surface area is 117 Å². The lowest BCUT2D eigenvalue weighted by Crippen LogP contribution is -2.36. The van der Waals surface area contributed by atoms with Crippen LogP contribution in [0.4, 0.5) is 13.2 Å². The molecule has 2 nitrogen and oxygen atoms in total. The van der Waals surface area contributed by atoms with Gasteiger partial charge in [-0.15, -0.1) is 0 Å². The Balaban J connectivity index is 1.74. The molecule has 0 amide bonds. The fraction of sp³-hybridized carbons (Fsp3) is 0.600. The summed E-state index contributed by atoms with van der Waals surface area (Å²) in [7, 11) is 0. The van der Waals surface area contributed by atoms with Crippen LogP contribution in [0.5, 0.6) is 0 Å². The third-order valence-corrected chi connectivity index (χ3v) is 3.78. The minimum absolute atomic E-state index is 0.166. The van der Waals surface area contributed by atoms with Gasteiger partial charge >= 0.3 is 6.18 Å². The molecule has 1 N–H and O–H groups in total. The van der Waals surface area contributed by atoms with E-state index >= 15 is 0 Å². The molecule has 112 valence electrons. The number of rotatable bonds is 4. The van der Waals surface area contributed by atoms with Gasteiger partial charge in [0, 0.05) is 13.1 Å². The number of alkyl halides is 3. The molecule has 1 aromatic carbocycles. The summed E-state index contributed by atoms with van der Waals surface area (Å²) in [4.78, 5) is 2.30. The number of nitrogens with zero attached hydrogens (tertiary/aromatic N) is 1. The van der Waals surface area contributed by atoms with E-state index in [1.165, 1.54) is 0 Å². The van der Waals surface area contributed by atoms with E-state index in [9.17, 15) is 18.3 Å². The van der Waals surface area contributed by atoms with E-state index < -0.39 is 11.7 Å². The third kappa shape index (κ3) is 4.49. The van der Waals surface area contributed by atoms with Gasteiger partial charge in [-0.3, -0.25) is 0 Å². The van der Waals surface area contributed by atoms with Crippen molar-refractivity contribution in [3.8, 4) is 0 Å². The molecule has 1 fully saturated rings. The van der Waals surface area contributed by atoms with Crippen LogP contribution in [0.25, 0.3) is 0 Å². The van der Waals surface area contributed by atoms with Crippen molar-refractivity contribution in [2.45, 2.75) is 38.0 Å². The van der Waals surface area contributed by atoms with Gasteiger partial charge in [0.25, 0.3) is 0 Å². The molecule has 0 atom stereocenters. The van der Waals surface area contributed by atoms with Crippen molar-refractivity contribution in [3.05, 3.63) is 35.4 Å². The molecule has 0 radical (unpaired) electrons. The predicted octanol–water partition coefficient (Wildman–Crippen LogP) is 3.09. The molecular formula is C15H20F3NO. The molecular weight excluding hydrogens is 267 g/mol. The van der Waals surface area contributed by atoms with E-state index in [4.69, 9.17) is 0 Å². The van der Waals surface area contributed by atoms with Gasteiger partial charge < -0.3 is 10.0 Å². The zero-order valence-electron chi connectivity index (χ0n) is 11.4. The van der Waals surface area contributed by atoms with Gasteiger partial charge in [0.1, 0.15) is 0 Å². The smallest absolute Gasteiger partial charge is 0.393 e. The zero-order valence-corrected chi connectivity index (χ0v) is 11.4. The lowest BCUT2D eigenvalue weighted by atomic mass is 10.1. The summed E-state index contributed by atoms with van der Waals surface area (Å²) in [6, 6.07) is 5.41. The van der Waals surface area contributed by atoms with Crippen molar-refractivity contribution < 1.29 is 18.3 Å². The summed E-state index contributed by atoms with van der Waals surface area (Å²) >= 11 is 0. The molecule has 0 aliphatic carbocycles. The lowest BCUT2D eigenvalue weighted by Gasteiger charge is -2.29. The highest BCUT2D eigenvalue weighted by molar-refractivity contribution is 5.24. The number of hydrogen-bond donors (Lipinski definition) is 1. The van der Waals surface area contributed by atoms with Crippen molar-refractivity contribution in [3.63, 3.8) is 0 Å². The van der Waals surface area contributed by atoms with Crippen molar-refractivity contribution in [2.24, 2.45) is 0 Å². The molecule has 1 saturated heterocycles. The molecule has 1 aromatic rings. The summed E-state index contributed by atoms with van der Waals surface area (Å²) in [6.45, 7) is 2.76. The highest BCUT2D eigenvalue weighted by Crippen LogP contribution is 2.29. The predicted molar refractivity (Wildman–Crippen MR) is 71.4 cm³/mol. The van der Waals surface area contributed by atoms with Crippen molar-refractivity contribution in [2.75, 3.05) is 19.6 Å². The first-order chi connectivity index (χ1) is 9.45. The Kier molecular flexibility index (Phi) is 5.05. The van der Waals surface area contributed by atoms with Crippen LogP contribution in [0.3, 0.4) is 0 Å². The number of hydrogen-bond acceptors (Lipinski definition) is 2. The summed E-state index contributed by atoms with van der Waals surface area (Å²) in [5.74, 6) is 0. The minimum Gasteiger partial charge on any atom is -0.393 e. The summed E-state index contributed by atoms with van der Waals surface area (Å²) in [6.07, 6.45) is -1.06. The number of likely N-dealkylation sites (tertiary alicyclic amines) is 1. The first-order valence-electron chi connectivity index (χ1n) is 7.02. The Morgan fingerprint density at radius 3 is 2.25 bits per heavy atom. The molecule has 0 aromatic heterocycles. The van der Waals surface area contributed by atoms with Crippen molar-refractivity contribution in [1.29, 1.82) is 0 Å². The fourth-order valence-corrected chi connectivity index (χ4v) is 2.51. The number of aliphatic hydroxyl groups is 1. The van der Waals surface area contributed by atoms with Gasteiger partial charge in [0.05, 0.1) is 11.7 Å². The van der Waals surface area contributed by atoms with Gasteiger partial charge in [-0.1, -0.05) is 12.1 Å². The van der Waals surface area contributed by atoms with Crippen LogP contribution in [-0.4, -0.2) is 35.7 Å². The van der Waals surface area contributed by atoms with Crippen molar-refractivity contribution >= 4 is 0 Å². The average Bonchev–Trinajstić information content (AvgIpc) is 2.41. The molecule has 1 aliphatic rings. The van der Waals surface area contributed by atoms with Crippen LogP contribution in [0.2, 0.25) is 0 Å². The minimum atomic E-state index is -4.26. The van der Waals surface area contributed by atoms with Gasteiger partial charge in [-0.2, -0.15) is 13.2 Å². The standard InChI is InChI=1S/C15H20F3NO/c16-15(17,18)13-5-3-12(4-6-13)2-1-9-19-10-7-14(20)8-11-19/h3-6,14,20H,1-2,7-11H2. The van der Waals surface area contributed by atoms with Gasteiger partial charge in [-0.05, 0) is 49.9 Å². The van der Waals surface area contributed by atoms with E-state index in [1.54, 1.807) is 12.1 Å². The quantitative estimate of drug-likeness (QED) is 0.920. The van der Waals surface area contributed by atoms with Crippen LogP contribution in [-0.2, 0) is 12.6 Å². The second-order valence-electron chi connectivity index (χ2n) is 5.37. The lowest BCUT2D eigenvalue weighted by molar-refractivity contribution is -0.137. The number of aliphatic hydroxyl groups excluding tert-OH is 1. The second-order valence-corrected chi connectivity index (χ2v) is 5.37. The second kappa shape index (κ2) is 6.59. The van der Waals surface area contributed by atoms with E-state index in [0.717, 1.165) is 63.0 Å². The van der Waals surface area contributed by atoms with E-state index in [2.05, 4.69) is 4.90 Å². The molecule has 0 unspecified atom stereocenters. The molecule has 5 heteroatoms. The Morgan fingerprint density at radius 1 is 1.10 bits per heavy atom. The summed E-state index contributed by atoms with van der Waals surface area (Å²) in [5, 5.41) is 9.40. The maximum Gasteiger partial charge on any atom is 0.416 e. The fourth-order valence-electron chi connectivity index (χ4n) is 2.51. The largest absolute Gasteiger partial charge is 0.416 e. The number of benzene rings is 1. The van der Waals surface area contributed by atoms with Crippen LogP contribution in [0.1, 0.15) is 30.4 Å². The number of aryl methyl sites for hydroxylation is 1. The SMILES string of the molecule is OC1CCN(CCCc2ccc(C(F)(F)F)cc2)CC1. The normalized spacial score (nSPS) is 18.4. The number of halogens is 3. The van der Waals surface area contributed by atoms with Crippen LogP contribution < -0.4 is 0 Å². The Bertz CT molecular complexity index is 408. The number of piperidine rings is 1. The van der Waals surface area contributed by atoms with Gasteiger partial charge in [-0.25, -0.2) is 0 Å². The summed E-state index contributed by atoms with van der Waals surface area (Å²) < 4.78 is 37.3. The topological polar surface area (TPSA) is 23.5 Å². The maximum absolute atomic E-state index is 12.4.